The Labute approximate surface area is 80.2 Å². The van der Waals surface area contributed by atoms with E-state index in [1.54, 1.807) is 14.2 Å². The highest BCUT2D eigenvalue weighted by atomic mass is 16.5. The SMILES string of the molecule is CCC(COC)NC(CO)COC. The van der Waals surface area contributed by atoms with E-state index in [0.717, 1.165) is 6.42 Å². The van der Waals surface area contributed by atoms with Gasteiger partial charge in [0, 0.05) is 20.3 Å². The van der Waals surface area contributed by atoms with E-state index >= 15 is 0 Å². The molecule has 0 spiro atoms. The quantitative estimate of drug-likeness (QED) is 0.567. The Balaban J connectivity index is 3.73. The van der Waals surface area contributed by atoms with Crippen LogP contribution in [0.1, 0.15) is 13.3 Å². The molecule has 2 atom stereocenters. The highest BCUT2D eigenvalue weighted by molar-refractivity contribution is 4.72. The van der Waals surface area contributed by atoms with Crippen LogP contribution in [0.3, 0.4) is 0 Å². The number of nitrogens with one attached hydrogen (secondary N) is 1. The summed E-state index contributed by atoms with van der Waals surface area (Å²) < 4.78 is 9.99. The lowest BCUT2D eigenvalue weighted by molar-refractivity contribution is 0.102. The molecule has 0 aliphatic carbocycles. The second-order valence-corrected chi connectivity index (χ2v) is 3.06. The molecule has 4 heteroatoms. The molecule has 0 saturated carbocycles. The van der Waals surface area contributed by atoms with Crippen molar-refractivity contribution in [1.82, 2.24) is 5.32 Å². The zero-order valence-electron chi connectivity index (χ0n) is 8.75. The molecule has 0 heterocycles. The lowest BCUT2D eigenvalue weighted by Crippen LogP contribution is -2.45. The van der Waals surface area contributed by atoms with Gasteiger partial charge in [0.2, 0.25) is 0 Å². The Morgan fingerprint density at radius 1 is 1.15 bits per heavy atom. The van der Waals surface area contributed by atoms with Gasteiger partial charge in [0.05, 0.1) is 25.9 Å². The Morgan fingerprint density at radius 2 is 1.69 bits per heavy atom. The highest BCUT2D eigenvalue weighted by Crippen LogP contribution is 1.94. The Kier molecular flexibility index (Phi) is 8.33. The zero-order valence-corrected chi connectivity index (χ0v) is 8.75. The first kappa shape index (κ1) is 12.8. The van der Waals surface area contributed by atoms with E-state index in [0.29, 0.717) is 13.2 Å². The van der Waals surface area contributed by atoms with Crippen molar-refractivity contribution in [2.75, 3.05) is 34.0 Å². The van der Waals surface area contributed by atoms with Gasteiger partial charge in [-0.05, 0) is 6.42 Å². The maximum atomic E-state index is 8.99. The van der Waals surface area contributed by atoms with E-state index in [-0.39, 0.29) is 18.7 Å². The van der Waals surface area contributed by atoms with Crippen LogP contribution in [0.4, 0.5) is 0 Å². The molecule has 13 heavy (non-hydrogen) atoms. The predicted molar refractivity (Wildman–Crippen MR) is 51.8 cm³/mol. The van der Waals surface area contributed by atoms with Gasteiger partial charge in [0.15, 0.2) is 0 Å². The van der Waals surface area contributed by atoms with Crippen LogP contribution in [-0.2, 0) is 9.47 Å². The molecule has 0 amide bonds. The third kappa shape index (κ3) is 5.99. The number of hydrogen-bond acceptors (Lipinski definition) is 4. The molecular weight excluding hydrogens is 170 g/mol. The summed E-state index contributed by atoms with van der Waals surface area (Å²) in [7, 11) is 3.30. The summed E-state index contributed by atoms with van der Waals surface area (Å²) in [6.45, 7) is 3.36. The normalized spacial score (nSPS) is 15.7. The van der Waals surface area contributed by atoms with Gasteiger partial charge < -0.3 is 19.9 Å². The van der Waals surface area contributed by atoms with Gasteiger partial charge >= 0.3 is 0 Å². The van der Waals surface area contributed by atoms with E-state index < -0.39 is 0 Å². The standard InChI is InChI=1S/C9H21NO3/c1-4-8(6-12-2)10-9(5-11)7-13-3/h8-11H,4-7H2,1-3H3. The lowest BCUT2D eigenvalue weighted by Gasteiger charge is -2.22. The third-order valence-corrected chi connectivity index (χ3v) is 1.92. The summed E-state index contributed by atoms with van der Waals surface area (Å²) in [5, 5.41) is 12.2. The minimum Gasteiger partial charge on any atom is -0.395 e. The maximum absolute atomic E-state index is 8.99. The average Bonchev–Trinajstić information content (AvgIpc) is 2.16. The molecule has 0 aromatic heterocycles. The molecule has 80 valence electrons. The van der Waals surface area contributed by atoms with Gasteiger partial charge in [0.25, 0.3) is 0 Å². The van der Waals surface area contributed by atoms with Crippen molar-refractivity contribution < 1.29 is 14.6 Å². The topological polar surface area (TPSA) is 50.7 Å². The number of aliphatic hydroxyl groups excluding tert-OH is 1. The summed E-state index contributed by atoms with van der Waals surface area (Å²) in [4.78, 5) is 0. The van der Waals surface area contributed by atoms with Gasteiger partial charge in [-0.15, -0.1) is 0 Å². The molecule has 0 bridgehead atoms. The van der Waals surface area contributed by atoms with Crippen molar-refractivity contribution in [2.24, 2.45) is 0 Å². The number of aliphatic hydroxyl groups is 1. The highest BCUT2D eigenvalue weighted by Gasteiger charge is 2.12. The first-order valence-corrected chi connectivity index (χ1v) is 4.63. The molecule has 0 fully saturated rings. The maximum Gasteiger partial charge on any atom is 0.0638 e. The summed E-state index contributed by atoms with van der Waals surface area (Å²) >= 11 is 0. The van der Waals surface area contributed by atoms with Crippen molar-refractivity contribution in [3.63, 3.8) is 0 Å². The van der Waals surface area contributed by atoms with Crippen LogP contribution in [0.5, 0.6) is 0 Å². The number of hydrogen-bond donors (Lipinski definition) is 2. The molecule has 0 aromatic carbocycles. The van der Waals surface area contributed by atoms with Crippen molar-refractivity contribution in [3.8, 4) is 0 Å². The minimum atomic E-state index is 0.00472. The summed E-state index contributed by atoms with van der Waals surface area (Å²) in [5.74, 6) is 0. The Morgan fingerprint density at radius 3 is 2.08 bits per heavy atom. The van der Waals surface area contributed by atoms with Crippen LogP contribution >= 0.6 is 0 Å². The molecule has 0 aliphatic heterocycles. The zero-order chi connectivity index (χ0) is 10.1. The Bertz CT molecular complexity index is 99.0. The fourth-order valence-electron chi connectivity index (χ4n) is 1.17. The molecule has 2 unspecified atom stereocenters. The minimum absolute atomic E-state index is 0.00472. The summed E-state index contributed by atoms with van der Waals surface area (Å²) in [6, 6.07) is 0.294. The van der Waals surface area contributed by atoms with Crippen molar-refractivity contribution in [2.45, 2.75) is 25.4 Å². The molecule has 0 rings (SSSR count). The van der Waals surface area contributed by atoms with E-state index in [1.165, 1.54) is 0 Å². The third-order valence-electron chi connectivity index (χ3n) is 1.92. The van der Waals surface area contributed by atoms with Crippen molar-refractivity contribution in [1.29, 1.82) is 0 Å². The van der Waals surface area contributed by atoms with E-state index in [4.69, 9.17) is 14.6 Å². The molecule has 0 aromatic rings. The monoisotopic (exact) mass is 191 g/mol. The van der Waals surface area contributed by atoms with Crippen LogP contribution in [0.15, 0.2) is 0 Å². The lowest BCUT2D eigenvalue weighted by atomic mass is 10.2. The van der Waals surface area contributed by atoms with Crippen LogP contribution in [0.25, 0.3) is 0 Å². The van der Waals surface area contributed by atoms with E-state index in [9.17, 15) is 0 Å². The van der Waals surface area contributed by atoms with Crippen LogP contribution in [0, 0.1) is 0 Å². The number of methoxy groups -OCH3 is 2. The van der Waals surface area contributed by atoms with Crippen LogP contribution in [0.2, 0.25) is 0 Å². The molecule has 0 radical (unpaired) electrons. The summed E-state index contributed by atoms with van der Waals surface area (Å²) in [5.41, 5.74) is 0. The first-order chi connectivity index (χ1) is 6.28. The first-order valence-electron chi connectivity index (χ1n) is 4.63. The molecule has 4 nitrogen and oxygen atoms in total. The van der Waals surface area contributed by atoms with Gasteiger partial charge in [-0.2, -0.15) is 0 Å². The fraction of sp³-hybridized carbons (Fsp3) is 1.00. The van der Waals surface area contributed by atoms with Crippen LogP contribution in [-0.4, -0.2) is 51.2 Å². The molecule has 0 saturated heterocycles. The smallest absolute Gasteiger partial charge is 0.0638 e. The number of rotatable bonds is 8. The van der Waals surface area contributed by atoms with E-state index in [1.807, 2.05) is 0 Å². The second kappa shape index (κ2) is 8.44. The predicted octanol–water partition coefficient (Wildman–Crippen LogP) is 0.00830. The van der Waals surface area contributed by atoms with Gasteiger partial charge in [-0.1, -0.05) is 6.92 Å². The average molecular weight is 191 g/mol. The largest absolute Gasteiger partial charge is 0.395 e. The van der Waals surface area contributed by atoms with Crippen molar-refractivity contribution >= 4 is 0 Å². The van der Waals surface area contributed by atoms with Gasteiger partial charge in [-0.25, -0.2) is 0 Å². The second-order valence-electron chi connectivity index (χ2n) is 3.06. The van der Waals surface area contributed by atoms with Crippen molar-refractivity contribution in [3.05, 3.63) is 0 Å². The molecule has 2 N–H and O–H groups in total. The Hall–Kier alpha value is -0.160. The molecular formula is C9H21NO3. The van der Waals surface area contributed by atoms with Gasteiger partial charge in [0.1, 0.15) is 0 Å². The summed E-state index contributed by atoms with van der Waals surface area (Å²) in [6.07, 6.45) is 0.980. The van der Waals surface area contributed by atoms with Gasteiger partial charge in [-0.3, -0.25) is 0 Å². The number of ether oxygens (including phenoxy) is 2. The molecule has 0 aliphatic rings. The van der Waals surface area contributed by atoms with E-state index in [2.05, 4.69) is 12.2 Å². The fourth-order valence-corrected chi connectivity index (χ4v) is 1.17. The van der Waals surface area contributed by atoms with Crippen LogP contribution < -0.4 is 5.32 Å².